The Morgan fingerprint density at radius 3 is 1.62 bits per heavy atom. The first-order valence-corrected chi connectivity index (χ1v) is 9.27. The first-order valence-electron chi connectivity index (χ1n) is 9.27. The van der Waals surface area contributed by atoms with Gasteiger partial charge in [-0.3, -0.25) is 0 Å². The molecule has 0 heterocycles. The van der Waals surface area contributed by atoms with Gasteiger partial charge in [0, 0.05) is 10.8 Å². The summed E-state index contributed by atoms with van der Waals surface area (Å²) in [6.07, 6.45) is 0. The molecule has 158 valence electrons. The average Bonchev–Trinajstić information content (AvgIpc) is 2.76. The van der Waals surface area contributed by atoms with Crippen molar-refractivity contribution in [1.29, 1.82) is 0 Å². The highest BCUT2D eigenvalue weighted by molar-refractivity contribution is 6.22. The summed E-state index contributed by atoms with van der Waals surface area (Å²) in [5, 5.41) is 39.6. The fourth-order valence-corrected chi connectivity index (χ4v) is 4.02. The van der Waals surface area contributed by atoms with Crippen LogP contribution in [-0.2, 0) is 0 Å². The lowest BCUT2D eigenvalue weighted by Crippen LogP contribution is -2.12. The van der Waals surface area contributed by atoms with Gasteiger partial charge < -0.3 is 20.4 Å². The second kappa shape index (κ2) is 7.51. The second-order valence-corrected chi connectivity index (χ2v) is 7.00. The zero-order valence-electron chi connectivity index (χ0n) is 16.2. The Labute approximate surface area is 179 Å². The fraction of sp³-hybridized carbons (Fsp3) is 0. The van der Waals surface area contributed by atoms with E-state index in [4.69, 9.17) is 0 Å². The maximum absolute atomic E-state index is 12.1. The summed E-state index contributed by atoms with van der Waals surface area (Å²) in [5.41, 5.74) is -0.941. The summed E-state index contributed by atoms with van der Waals surface area (Å²) < 4.78 is 0. The number of hydrogen-bond donors (Lipinski definition) is 4. The van der Waals surface area contributed by atoms with E-state index in [2.05, 4.69) is 0 Å². The van der Waals surface area contributed by atoms with Gasteiger partial charge in [-0.15, -0.1) is 0 Å². The van der Waals surface area contributed by atoms with Gasteiger partial charge in [0.2, 0.25) is 0 Å². The minimum atomic E-state index is -1.57. The molecule has 8 nitrogen and oxygen atoms in total. The van der Waals surface area contributed by atoms with Crippen LogP contribution < -0.4 is 0 Å². The van der Waals surface area contributed by atoms with Crippen LogP contribution in [0.5, 0.6) is 0 Å². The normalized spacial score (nSPS) is 10.9. The fourth-order valence-electron chi connectivity index (χ4n) is 4.02. The Kier molecular flexibility index (Phi) is 4.82. The van der Waals surface area contributed by atoms with Crippen molar-refractivity contribution in [3.05, 3.63) is 82.9 Å². The molecule has 0 aliphatic rings. The van der Waals surface area contributed by atoms with Crippen LogP contribution in [-0.4, -0.2) is 44.3 Å². The van der Waals surface area contributed by atoms with Gasteiger partial charge in [-0.2, -0.15) is 0 Å². The van der Waals surface area contributed by atoms with Gasteiger partial charge in [0.1, 0.15) is 0 Å². The highest BCUT2D eigenvalue weighted by Gasteiger charge is 2.26. The minimum Gasteiger partial charge on any atom is -0.478 e. The average molecular weight is 430 g/mol. The summed E-state index contributed by atoms with van der Waals surface area (Å²) >= 11 is 0. The quantitative estimate of drug-likeness (QED) is 0.363. The lowest BCUT2D eigenvalue weighted by atomic mass is 9.87. The number of aromatic carboxylic acids is 4. The molecule has 0 aliphatic heterocycles. The molecular formula is C24H14O8. The third-order valence-corrected chi connectivity index (χ3v) is 5.26. The first kappa shape index (κ1) is 20.5. The van der Waals surface area contributed by atoms with Gasteiger partial charge >= 0.3 is 23.9 Å². The van der Waals surface area contributed by atoms with Gasteiger partial charge in [0.25, 0.3) is 0 Å². The van der Waals surface area contributed by atoms with Gasteiger partial charge in [0.15, 0.2) is 0 Å². The molecule has 4 rings (SSSR count). The van der Waals surface area contributed by atoms with Crippen molar-refractivity contribution >= 4 is 45.4 Å². The summed E-state index contributed by atoms with van der Waals surface area (Å²) in [6.45, 7) is 0. The van der Waals surface area contributed by atoms with Crippen molar-refractivity contribution in [2.45, 2.75) is 0 Å². The zero-order valence-corrected chi connectivity index (χ0v) is 16.2. The van der Waals surface area contributed by atoms with Crippen molar-refractivity contribution in [2.75, 3.05) is 0 Å². The molecule has 0 aromatic heterocycles. The van der Waals surface area contributed by atoms with Crippen LogP contribution in [0.15, 0.2) is 60.7 Å². The zero-order chi connectivity index (χ0) is 23.2. The molecule has 0 saturated carbocycles. The predicted octanol–water partition coefficient (Wildman–Crippen LogP) is 4.45. The van der Waals surface area contributed by atoms with Crippen LogP contribution in [0.4, 0.5) is 0 Å². The van der Waals surface area contributed by atoms with Gasteiger partial charge in [-0.05, 0) is 34.0 Å². The first-order chi connectivity index (χ1) is 15.2. The molecule has 0 atom stereocenters. The van der Waals surface area contributed by atoms with E-state index < -0.39 is 40.6 Å². The maximum atomic E-state index is 12.1. The van der Waals surface area contributed by atoms with E-state index in [-0.39, 0.29) is 21.9 Å². The summed E-state index contributed by atoms with van der Waals surface area (Å²) in [4.78, 5) is 47.5. The number of carbonyl (C=O) groups is 4. The van der Waals surface area contributed by atoms with Gasteiger partial charge in [0.05, 0.1) is 22.3 Å². The van der Waals surface area contributed by atoms with E-state index in [1.54, 1.807) is 36.4 Å². The summed E-state index contributed by atoms with van der Waals surface area (Å²) in [5.74, 6) is -5.72. The Bertz CT molecular complexity index is 1480. The van der Waals surface area contributed by atoms with Crippen LogP contribution in [0, 0.1) is 0 Å². The molecule has 32 heavy (non-hydrogen) atoms. The lowest BCUT2D eigenvalue weighted by molar-refractivity contribution is 0.0651. The highest BCUT2D eigenvalue weighted by Crippen LogP contribution is 2.39. The molecule has 8 heteroatoms. The van der Waals surface area contributed by atoms with Crippen LogP contribution >= 0.6 is 0 Å². The maximum Gasteiger partial charge on any atom is 0.337 e. The number of rotatable bonds is 5. The molecule has 0 unspecified atom stereocenters. The van der Waals surface area contributed by atoms with E-state index in [1.807, 2.05) is 0 Å². The van der Waals surface area contributed by atoms with Crippen molar-refractivity contribution in [2.24, 2.45) is 0 Å². The molecule has 0 spiro atoms. The van der Waals surface area contributed by atoms with Crippen molar-refractivity contribution < 1.29 is 39.6 Å². The second-order valence-electron chi connectivity index (χ2n) is 7.00. The molecule has 0 fully saturated rings. The molecular weight excluding hydrogens is 416 g/mol. The van der Waals surface area contributed by atoms with E-state index in [9.17, 15) is 39.6 Å². The summed E-state index contributed by atoms with van der Waals surface area (Å²) in [7, 11) is 0. The number of carboxylic acid groups (broad SMARTS) is 4. The van der Waals surface area contributed by atoms with Crippen LogP contribution in [0.2, 0.25) is 0 Å². The smallest absolute Gasteiger partial charge is 0.337 e. The van der Waals surface area contributed by atoms with Gasteiger partial charge in [-0.1, -0.05) is 48.5 Å². The molecule has 4 aromatic rings. The monoisotopic (exact) mass is 430 g/mol. The number of benzene rings is 4. The van der Waals surface area contributed by atoms with E-state index >= 15 is 0 Å². The van der Waals surface area contributed by atoms with Gasteiger partial charge in [-0.25, -0.2) is 19.2 Å². The standard InChI is InChI=1S/C24H14O8/c25-21(26)15-9-2-5-11-4-1-6-12(18(11)15)13-7-3-8-14-19(13)16(22(27)28)10-17(23(29)30)20(14)24(31)32/h1-10H,(H,25,26)(H,27,28)(H,29,30)(H,31,32). The summed E-state index contributed by atoms with van der Waals surface area (Å²) in [6, 6.07) is 14.9. The molecule has 0 radical (unpaired) electrons. The Hall–Kier alpha value is -4.72. The van der Waals surface area contributed by atoms with Crippen molar-refractivity contribution in [3.63, 3.8) is 0 Å². The Morgan fingerprint density at radius 1 is 0.531 bits per heavy atom. The molecule has 0 bridgehead atoms. The van der Waals surface area contributed by atoms with E-state index in [1.165, 1.54) is 18.2 Å². The SMILES string of the molecule is O=C(O)c1cc(C(=O)O)c2c(-c3cccc4cccc(C(=O)O)c34)cccc2c1C(=O)O. The Morgan fingerprint density at radius 2 is 1.06 bits per heavy atom. The number of fused-ring (bicyclic) bond motifs is 2. The molecule has 0 saturated heterocycles. The number of carboxylic acids is 4. The third kappa shape index (κ3) is 3.10. The largest absolute Gasteiger partial charge is 0.478 e. The molecule has 4 N–H and O–H groups in total. The van der Waals surface area contributed by atoms with E-state index in [0.29, 0.717) is 16.3 Å². The lowest BCUT2D eigenvalue weighted by Gasteiger charge is -2.16. The third-order valence-electron chi connectivity index (χ3n) is 5.26. The highest BCUT2D eigenvalue weighted by atomic mass is 16.4. The van der Waals surface area contributed by atoms with Crippen LogP contribution in [0.3, 0.4) is 0 Å². The topological polar surface area (TPSA) is 149 Å². The predicted molar refractivity (Wildman–Crippen MR) is 115 cm³/mol. The van der Waals surface area contributed by atoms with E-state index in [0.717, 1.165) is 6.07 Å². The molecule has 0 aliphatic carbocycles. The van der Waals surface area contributed by atoms with Crippen molar-refractivity contribution in [1.82, 2.24) is 0 Å². The number of hydrogen-bond acceptors (Lipinski definition) is 4. The van der Waals surface area contributed by atoms with Crippen LogP contribution in [0.1, 0.15) is 41.4 Å². The Balaban J connectivity index is 2.26. The molecule has 0 amide bonds. The minimum absolute atomic E-state index is 0.00686. The molecule has 4 aromatic carbocycles. The van der Waals surface area contributed by atoms with Crippen LogP contribution in [0.25, 0.3) is 32.7 Å². The van der Waals surface area contributed by atoms with Crippen molar-refractivity contribution in [3.8, 4) is 11.1 Å².